The zero-order valence-corrected chi connectivity index (χ0v) is 19.8. The summed E-state index contributed by atoms with van der Waals surface area (Å²) in [4.78, 5) is 7.43. The Labute approximate surface area is 205 Å². The fourth-order valence-electron chi connectivity index (χ4n) is 4.91. The molecule has 1 aromatic carbocycles. The highest BCUT2D eigenvalue weighted by molar-refractivity contribution is 7.18. The van der Waals surface area contributed by atoms with E-state index in [1.165, 1.54) is 11.1 Å². The van der Waals surface area contributed by atoms with E-state index in [9.17, 15) is 18.3 Å². The van der Waals surface area contributed by atoms with Crippen molar-refractivity contribution in [1.29, 1.82) is 5.26 Å². The zero-order valence-electron chi connectivity index (χ0n) is 19.0. The number of nitriles is 1. The summed E-state index contributed by atoms with van der Waals surface area (Å²) >= 11 is 1.05. The molecule has 0 atom stereocenters. The van der Waals surface area contributed by atoms with Crippen molar-refractivity contribution in [1.82, 2.24) is 9.88 Å². The molecule has 182 valence electrons. The lowest BCUT2D eigenvalue weighted by Crippen LogP contribution is -2.38. The Kier molecular flexibility index (Phi) is 6.53. The summed E-state index contributed by atoms with van der Waals surface area (Å²) in [5.41, 5.74) is 5.64. The Morgan fingerprint density at radius 2 is 2.03 bits per heavy atom. The molecule has 0 amide bonds. The molecule has 0 bridgehead atoms. The van der Waals surface area contributed by atoms with Gasteiger partial charge in [0.2, 0.25) is 0 Å². The van der Waals surface area contributed by atoms with Gasteiger partial charge >= 0.3 is 6.18 Å². The molecule has 5 nitrogen and oxygen atoms in total. The maximum atomic E-state index is 12.9. The highest BCUT2D eigenvalue weighted by atomic mass is 32.1. The Morgan fingerprint density at radius 1 is 1.23 bits per heavy atom. The third kappa shape index (κ3) is 5.35. The van der Waals surface area contributed by atoms with E-state index in [0.29, 0.717) is 27.9 Å². The standard InChI is InChI=1S/C26H25F3N4OS/c27-26(28,29)11-22-10-23-24(20(15-34)13-31-25(23)35-22)32-21-3-5-33(6-4-21)14-16-1-2-18-8-17(12-30)9-19(18)7-16/h1-2,7,9-10,13,21,34H,3-6,8,11,14-15H2,(H,31,32). The van der Waals surface area contributed by atoms with E-state index < -0.39 is 12.6 Å². The number of anilines is 1. The van der Waals surface area contributed by atoms with E-state index in [0.717, 1.165) is 54.9 Å². The minimum atomic E-state index is -4.27. The molecule has 0 spiro atoms. The molecule has 1 aliphatic carbocycles. The summed E-state index contributed by atoms with van der Waals surface area (Å²) in [6, 6.07) is 10.4. The van der Waals surface area contributed by atoms with E-state index in [2.05, 4.69) is 39.5 Å². The van der Waals surface area contributed by atoms with Crippen molar-refractivity contribution in [2.75, 3.05) is 18.4 Å². The van der Waals surface area contributed by atoms with Crippen LogP contribution in [0.15, 0.2) is 36.0 Å². The van der Waals surface area contributed by atoms with Crippen LogP contribution in [0.5, 0.6) is 0 Å². The molecule has 2 aromatic heterocycles. The average molecular weight is 499 g/mol. The number of rotatable bonds is 6. The SMILES string of the molecule is N#CC1=Cc2cc(CN3CCC(Nc4c(CO)cnc5sc(CC(F)(F)F)cc45)CC3)ccc2C1. The summed E-state index contributed by atoms with van der Waals surface area (Å²) in [7, 11) is 0. The minimum absolute atomic E-state index is 0.161. The van der Waals surface area contributed by atoms with Crippen molar-refractivity contribution >= 4 is 33.3 Å². The van der Waals surface area contributed by atoms with Crippen LogP contribution in [-0.4, -0.2) is 40.3 Å². The zero-order chi connectivity index (χ0) is 24.6. The molecule has 1 fully saturated rings. The maximum absolute atomic E-state index is 12.9. The maximum Gasteiger partial charge on any atom is 0.393 e. The Bertz CT molecular complexity index is 1320. The van der Waals surface area contributed by atoms with Crippen molar-refractivity contribution in [2.24, 2.45) is 0 Å². The molecule has 0 saturated carbocycles. The Hall–Kier alpha value is -2.93. The van der Waals surface area contributed by atoms with Crippen molar-refractivity contribution in [3.8, 4) is 6.07 Å². The summed E-state index contributed by atoms with van der Waals surface area (Å²) in [5.74, 6) is 0. The van der Waals surface area contributed by atoms with Gasteiger partial charge in [-0.05, 0) is 41.7 Å². The number of hydrogen-bond donors (Lipinski definition) is 2. The number of thiophene rings is 1. The highest BCUT2D eigenvalue weighted by Crippen LogP contribution is 2.36. The molecular weight excluding hydrogens is 473 g/mol. The van der Waals surface area contributed by atoms with Crippen LogP contribution in [0.4, 0.5) is 18.9 Å². The second-order valence-corrected chi connectivity index (χ2v) is 10.3. The van der Waals surface area contributed by atoms with Crippen LogP contribution >= 0.6 is 11.3 Å². The molecule has 3 heterocycles. The number of alkyl halides is 3. The fraction of sp³-hybridized carbons (Fsp3) is 0.385. The van der Waals surface area contributed by atoms with Crippen molar-refractivity contribution in [3.05, 3.63) is 63.2 Å². The molecule has 1 aliphatic heterocycles. The van der Waals surface area contributed by atoms with Crippen molar-refractivity contribution < 1.29 is 18.3 Å². The number of benzene rings is 1. The summed E-state index contributed by atoms with van der Waals surface area (Å²) in [6.45, 7) is 2.39. The first kappa shape index (κ1) is 23.8. The Morgan fingerprint density at radius 3 is 2.74 bits per heavy atom. The number of piperidine rings is 1. The van der Waals surface area contributed by atoms with Crippen LogP contribution in [-0.2, 0) is 26.0 Å². The van der Waals surface area contributed by atoms with E-state index in [1.54, 1.807) is 12.3 Å². The molecule has 0 radical (unpaired) electrons. The quantitative estimate of drug-likeness (QED) is 0.474. The predicted octanol–water partition coefficient (Wildman–Crippen LogP) is 5.43. The number of fused-ring (bicyclic) bond motifs is 2. The van der Waals surface area contributed by atoms with Gasteiger partial charge in [0.1, 0.15) is 4.83 Å². The molecule has 2 aliphatic rings. The van der Waals surface area contributed by atoms with Crippen LogP contribution in [0.3, 0.4) is 0 Å². The van der Waals surface area contributed by atoms with Gasteiger partial charge < -0.3 is 10.4 Å². The molecule has 9 heteroatoms. The van der Waals surface area contributed by atoms with Gasteiger partial charge in [0, 0.05) is 59.7 Å². The molecule has 3 aromatic rings. The van der Waals surface area contributed by atoms with Gasteiger partial charge in [-0.1, -0.05) is 18.2 Å². The average Bonchev–Trinajstić information content (AvgIpc) is 3.42. The van der Waals surface area contributed by atoms with Crippen LogP contribution in [0.25, 0.3) is 16.3 Å². The monoisotopic (exact) mass is 498 g/mol. The van der Waals surface area contributed by atoms with Gasteiger partial charge in [0.15, 0.2) is 0 Å². The topological polar surface area (TPSA) is 72.2 Å². The number of nitrogens with zero attached hydrogens (tertiary/aromatic N) is 3. The van der Waals surface area contributed by atoms with Crippen molar-refractivity contribution in [2.45, 2.75) is 51.1 Å². The number of likely N-dealkylation sites (tertiary alicyclic amines) is 1. The number of pyridine rings is 1. The van der Waals surface area contributed by atoms with Gasteiger partial charge in [0.05, 0.1) is 24.8 Å². The smallest absolute Gasteiger partial charge is 0.392 e. The summed E-state index contributed by atoms with van der Waals surface area (Å²) in [6.07, 6.45) is 0.755. The fourth-order valence-corrected chi connectivity index (χ4v) is 5.94. The van der Waals surface area contributed by atoms with Crippen LogP contribution in [0.1, 0.15) is 40.0 Å². The second-order valence-electron chi connectivity index (χ2n) is 9.23. The van der Waals surface area contributed by atoms with E-state index >= 15 is 0 Å². The molecule has 1 saturated heterocycles. The van der Waals surface area contributed by atoms with Gasteiger partial charge in [0.25, 0.3) is 0 Å². The molecular formula is C26H25F3N4OS. The van der Waals surface area contributed by atoms with E-state index in [-0.39, 0.29) is 17.5 Å². The van der Waals surface area contributed by atoms with Gasteiger partial charge in [-0.25, -0.2) is 4.98 Å². The number of aliphatic hydroxyl groups is 1. The first-order valence-electron chi connectivity index (χ1n) is 11.6. The lowest BCUT2D eigenvalue weighted by Gasteiger charge is -2.33. The minimum Gasteiger partial charge on any atom is -0.392 e. The summed E-state index contributed by atoms with van der Waals surface area (Å²) < 4.78 is 38.7. The summed E-state index contributed by atoms with van der Waals surface area (Å²) in [5, 5.41) is 23.1. The second kappa shape index (κ2) is 9.61. The molecule has 35 heavy (non-hydrogen) atoms. The predicted molar refractivity (Wildman–Crippen MR) is 131 cm³/mol. The van der Waals surface area contributed by atoms with Crippen LogP contribution in [0.2, 0.25) is 0 Å². The van der Waals surface area contributed by atoms with Crippen molar-refractivity contribution in [3.63, 3.8) is 0 Å². The van der Waals surface area contributed by atoms with Gasteiger partial charge in [-0.15, -0.1) is 11.3 Å². The molecule has 5 rings (SSSR count). The third-order valence-corrected chi connectivity index (χ3v) is 7.69. The number of aromatic nitrogens is 1. The van der Waals surface area contributed by atoms with E-state index in [1.807, 2.05) is 6.08 Å². The lowest BCUT2D eigenvalue weighted by molar-refractivity contribution is -0.126. The first-order valence-corrected chi connectivity index (χ1v) is 12.4. The third-order valence-electron chi connectivity index (χ3n) is 6.64. The lowest BCUT2D eigenvalue weighted by atomic mass is 10.0. The normalized spacial score (nSPS) is 16.8. The largest absolute Gasteiger partial charge is 0.393 e. The number of nitrogens with one attached hydrogen (secondary N) is 1. The number of halogens is 3. The van der Waals surface area contributed by atoms with Gasteiger partial charge in [-0.3, -0.25) is 4.90 Å². The number of aliphatic hydroxyl groups excluding tert-OH is 1. The number of allylic oxidation sites excluding steroid dienone is 1. The first-order chi connectivity index (χ1) is 16.8. The molecule has 0 unspecified atom stereocenters. The van der Waals surface area contributed by atoms with Crippen LogP contribution < -0.4 is 5.32 Å². The van der Waals surface area contributed by atoms with Gasteiger partial charge in [-0.2, -0.15) is 18.4 Å². The highest BCUT2D eigenvalue weighted by Gasteiger charge is 2.29. The number of hydrogen-bond acceptors (Lipinski definition) is 6. The van der Waals surface area contributed by atoms with E-state index in [4.69, 9.17) is 5.26 Å². The molecule has 2 N–H and O–H groups in total. The van der Waals surface area contributed by atoms with Crippen LogP contribution in [0, 0.1) is 11.3 Å². The Balaban J connectivity index is 1.25.